The van der Waals surface area contributed by atoms with Crippen molar-refractivity contribution in [2.45, 2.75) is 35.8 Å². The maximum absolute atomic E-state index is 14.4. The van der Waals surface area contributed by atoms with Gasteiger partial charge in [-0.2, -0.15) is 8.61 Å². The van der Waals surface area contributed by atoms with Crippen LogP contribution in [0.5, 0.6) is 11.5 Å². The Hall–Kier alpha value is -3.47. The van der Waals surface area contributed by atoms with Crippen molar-refractivity contribution in [2.24, 2.45) is 5.92 Å². The average Bonchev–Trinajstić information content (AvgIpc) is 2.97. The molecule has 42 heavy (non-hydrogen) atoms. The van der Waals surface area contributed by atoms with Crippen molar-refractivity contribution in [1.29, 1.82) is 0 Å². The maximum atomic E-state index is 14.4. The van der Waals surface area contributed by atoms with Gasteiger partial charge in [0.25, 0.3) is 0 Å². The van der Waals surface area contributed by atoms with Gasteiger partial charge in [0.05, 0.1) is 20.3 Å². The highest BCUT2D eigenvalue weighted by atomic mass is 32.2. The van der Waals surface area contributed by atoms with E-state index in [1.165, 1.54) is 41.7 Å². The molecule has 0 saturated carbocycles. The Kier molecular flexibility index (Phi) is 9.60. The van der Waals surface area contributed by atoms with Gasteiger partial charge in [-0.05, 0) is 55.5 Å². The molecule has 4 rings (SSSR count). The van der Waals surface area contributed by atoms with E-state index >= 15 is 0 Å². The van der Waals surface area contributed by atoms with Crippen LogP contribution >= 0.6 is 0 Å². The Morgan fingerprint density at radius 1 is 1.12 bits per heavy atom. The summed E-state index contributed by atoms with van der Waals surface area (Å²) in [6.45, 7) is 2.67. The summed E-state index contributed by atoms with van der Waals surface area (Å²) in [4.78, 5) is -0.606. The minimum Gasteiger partial charge on any atom is -0.497 e. The van der Waals surface area contributed by atoms with Crippen LogP contribution in [-0.2, 0) is 20.0 Å². The molecule has 0 fully saturated rings. The molecular weight excluding hydrogens is 583 g/mol. The third kappa shape index (κ3) is 6.61. The fraction of sp³-hybridized carbons (Fsp3) is 0.333. The summed E-state index contributed by atoms with van der Waals surface area (Å²) in [5.41, 5.74) is 1.15. The number of hydrogen-bond donors (Lipinski definition) is 1. The van der Waals surface area contributed by atoms with E-state index in [1.54, 1.807) is 45.2 Å². The van der Waals surface area contributed by atoms with Crippen molar-refractivity contribution < 1.29 is 35.8 Å². The lowest BCUT2D eigenvalue weighted by Gasteiger charge is -2.37. The summed E-state index contributed by atoms with van der Waals surface area (Å²) in [6, 6.07) is 15.9. The predicted octanol–water partition coefficient (Wildman–Crippen LogP) is 3.32. The van der Waals surface area contributed by atoms with Crippen molar-refractivity contribution in [2.75, 3.05) is 33.9 Å². The smallest absolute Gasteiger partial charge is 0.247 e. The van der Waals surface area contributed by atoms with E-state index in [0.717, 1.165) is 10.4 Å². The van der Waals surface area contributed by atoms with Crippen molar-refractivity contribution in [3.8, 4) is 23.3 Å². The van der Waals surface area contributed by atoms with Crippen LogP contribution in [0.15, 0.2) is 76.5 Å². The average molecular weight is 617 g/mol. The number of aliphatic hydroxyl groups is 1. The van der Waals surface area contributed by atoms with Gasteiger partial charge in [-0.25, -0.2) is 21.2 Å². The number of fused-ring (bicyclic) bond motifs is 1. The summed E-state index contributed by atoms with van der Waals surface area (Å²) in [5, 5.41) is 9.86. The third-order valence-electron chi connectivity index (χ3n) is 7.05. The maximum Gasteiger partial charge on any atom is 0.247 e. The van der Waals surface area contributed by atoms with Gasteiger partial charge in [-0.3, -0.25) is 0 Å². The molecule has 0 unspecified atom stereocenters. The van der Waals surface area contributed by atoms with E-state index in [0.29, 0.717) is 16.9 Å². The Balaban J connectivity index is 1.75. The summed E-state index contributed by atoms with van der Waals surface area (Å²) in [7, 11) is -5.46. The van der Waals surface area contributed by atoms with Crippen LogP contribution in [0.25, 0.3) is 0 Å². The first kappa shape index (κ1) is 31.5. The zero-order valence-electron chi connectivity index (χ0n) is 23.7. The minimum absolute atomic E-state index is 0.00387. The normalized spacial score (nSPS) is 19.4. The standard InChI is InChI=1S/C30H33FN2O7S2/c1-21-18-33(22(2)20-34)42(37,38)30-15-14-24(13-12-23-8-7-9-25(16-23)39-4)17-27(30)40-28(21)19-32(3)41(35,36)29-11-6-5-10-26(29)31/h5-11,14-17,21-22,28,34H,18-20H2,1-4H3/t21-,22-,28-/m0/s1. The fourth-order valence-corrected chi connectivity index (χ4v) is 7.61. The van der Waals surface area contributed by atoms with Crippen LogP contribution in [-0.4, -0.2) is 76.6 Å². The number of likely N-dealkylation sites (N-methyl/N-ethyl adjacent to an activating group) is 1. The van der Waals surface area contributed by atoms with Crippen molar-refractivity contribution in [1.82, 2.24) is 8.61 Å². The summed E-state index contributed by atoms with van der Waals surface area (Å²) >= 11 is 0. The van der Waals surface area contributed by atoms with Crippen molar-refractivity contribution in [3.63, 3.8) is 0 Å². The van der Waals surface area contributed by atoms with E-state index in [1.807, 2.05) is 6.07 Å². The number of aliphatic hydroxyl groups excluding tert-OH is 1. The Labute approximate surface area is 246 Å². The van der Waals surface area contributed by atoms with Crippen molar-refractivity contribution >= 4 is 20.0 Å². The first-order chi connectivity index (χ1) is 19.9. The molecule has 0 spiro atoms. The van der Waals surface area contributed by atoms with E-state index in [4.69, 9.17) is 9.47 Å². The first-order valence-corrected chi connectivity index (χ1v) is 16.1. The lowest BCUT2D eigenvalue weighted by molar-refractivity contribution is 0.0904. The molecule has 0 aliphatic carbocycles. The topological polar surface area (TPSA) is 113 Å². The second-order valence-electron chi connectivity index (χ2n) is 10.1. The van der Waals surface area contributed by atoms with Gasteiger partial charge >= 0.3 is 0 Å². The zero-order valence-corrected chi connectivity index (χ0v) is 25.3. The predicted molar refractivity (Wildman–Crippen MR) is 156 cm³/mol. The van der Waals surface area contributed by atoms with Crippen LogP contribution in [0.3, 0.4) is 0 Å². The molecule has 1 aliphatic rings. The highest BCUT2D eigenvalue weighted by Gasteiger charge is 2.39. The minimum atomic E-state index is -4.23. The van der Waals surface area contributed by atoms with Gasteiger partial charge in [0.1, 0.15) is 33.2 Å². The molecule has 12 heteroatoms. The monoisotopic (exact) mass is 616 g/mol. The van der Waals surface area contributed by atoms with E-state index in [2.05, 4.69) is 11.8 Å². The van der Waals surface area contributed by atoms with Crippen LogP contribution in [0.1, 0.15) is 25.0 Å². The van der Waals surface area contributed by atoms with Gasteiger partial charge in [-0.1, -0.05) is 37.0 Å². The number of rotatable bonds is 7. The SMILES string of the molecule is COc1cccc(C#Cc2ccc3c(c2)O[C@@H](CN(C)S(=O)(=O)c2ccccc2F)[C@@H](C)CN([C@@H](C)CO)S3(=O)=O)c1. The quantitative estimate of drug-likeness (QED) is 0.405. The third-order valence-corrected chi connectivity index (χ3v) is 10.9. The number of benzene rings is 3. The number of sulfonamides is 2. The fourth-order valence-electron chi connectivity index (χ4n) is 4.54. The molecule has 0 bridgehead atoms. The van der Waals surface area contributed by atoms with Gasteiger partial charge in [-0.15, -0.1) is 0 Å². The van der Waals surface area contributed by atoms with Gasteiger partial charge in [0.15, 0.2) is 0 Å². The van der Waals surface area contributed by atoms with E-state index in [9.17, 15) is 26.3 Å². The van der Waals surface area contributed by atoms with Crippen LogP contribution in [0.2, 0.25) is 0 Å². The van der Waals surface area contributed by atoms with Crippen LogP contribution < -0.4 is 9.47 Å². The largest absolute Gasteiger partial charge is 0.497 e. The molecule has 0 saturated heterocycles. The molecule has 3 atom stereocenters. The summed E-state index contributed by atoms with van der Waals surface area (Å²) in [6.07, 6.45) is -0.833. The number of ether oxygens (including phenoxy) is 2. The molecule has 9 nitrogen and oxygen atoms in total. The van der Waals surface area contributed by atoms with E-state index < -0.39 is 55.4 Å². The Morgan fingerprint density at radius 3 is 2.48 bits per heavy atom. The lowest BCUT2D eigenvalue weighted by Crippen LogP contribution is -2.50. The lowest BCUT2D eigenvalue weighted by atomic mass is 10.0. The number of nitrogens with zero attached hydrogens (tertiary/aromatic N) is 2. The Bertz CT molecular complexity index is 1720. The number of halogens is 1. The van der Waals surface area contributed by atoms with Crippen LogP contribution in [0.4, 0.5) is 4.39 Å². The number of methoxy groups -OCH3 is 1. The van der Waals surface area contributed by atoms with Gasteiger partial charge in [0.2, 0.25) is 20.0 Å². The molecule has 1 aliphatic heterocycles. The first-order valence-electron chi connectivity index (χ1n) is 13.2. The summed E-state index contributed by atoms with van der Waals surface area (Å²) in [5.74, 6) is 5.26. The zero-order chi connectivity index (χ0) is 30.7. The van der Waals surface area contributed by atoms with Gasteiger partial charge < -0.3 is 14.6 Å². The molecule has 0 amide bonds. The van der Waals surface area contributed by atoms with Crippen LogP contribution in [0, 0.1) is 23.6 Å². The Morgan fingerprint density at radius 2 is 1.81 bits per heavy atom. The molecule has 0 aromatic heterocycles. The highest BCUT2D eigenvalue weighted by molar-refractivity contribution is 7.89. The summed E-state index contributed by atoms with van der Waals surface area (Å²) < 4.78 is 82.0. The molecule has 1 N–H and O–H groups in total. The molecule has 1 heterocycles. The second kappa shape index (κ2) is 12.8. The van der Waals surface area contributed by atoms with Crippen molar-refractivity contribution in [3.05, 3.63) is 83.7 Å². The molecule has 3 aromatic rings. The molecular formula is C30H33FN2O7S2. The molecule has 3 aromatic carbocycles. The van der Waals surface area contributed by atoms with Gasteiger partial charge in [0, 0.05) is 36.7 Å². The van der Waals surface area contributed by atoms with E-state index in [-0.39, 0.29) is 23.7 Å². The molecule has 0 radical (unpaired) electrons. The highest BCUT2D eigenvalue weighted by Crippen LogP contribution is 2.34. The number of hydrogen-bond acceptors (Lipinski definition) is 7. The second-order valence-corrected chi connectivity index (χ2v) is 14.0. The molecule has 224 valence electrons.